The second-order valence-electron chi connectivity index (χ2n) is 5.18. The summed E-state index contributed by atoms with van der Waals surface area (Å²) in [5.41, 5.74) is 0.994. The lowest BCUT2D eigenvalue weighted by Crippen LogP contribution is -2.33. The van der Waals surface area contributed by atoms with E-state index < -0.39 is 5.79 Å². The first-order valence-corrected chi connectivity index (χ1v) is 7.73. The monoisotopic (exact) mass is 331 g/mol. The molecule has 1 fully saturated rings. The number of carbonyl (C=O) groups is 1. The summed E-state index contributed by atoms with van der Waals surface area (Å²) in [5, 5.41) is 3.91. The summed E-state index contributed by atoms with van der Waals surface area (Å²) in [4.78, 5) is 11.8. The van der Waals surface area contributed by atoms with Crippen molar-refractivity contribution < 1.29 is 14.3 Å². The van der Waals surface area contributed by atoms with Crippen molar-refractivity contribution in [1.29, 1.82) is 0 Å². The van der Waals surface area contributed by atoms with Crippen LogP contribution < -0.4 is 5.32 Å². The van der Waals surface area contributed by atoms with E-state index in [2.05, 4.69) is 5.32 Å². The lowest BCUT2D eigenvalue weighted by molar-refractivity contribution is -0.146. The smallest absolute Gasteiger partial charge is 0.220 e. The van der Waals surface area contributed by atoms with Gasteiger partial charge in [-0.1, -0.05) is 29.3 Å². The Balaban J connectivity index is 1.68. The lowest BCUT2D eigenvalue weighted by atomic mass is 10.1. The van der Waals surface area contributed by atoms with Crippen LogP contribution in [0.25, 0.3) is 0 Å². The van der Waals surface area contributed by atoms with Crippen LogP contribution in [-0.4, -0.2) is 31.5 Å². The molecule has 1 aliphatic rings. The topological polar surface area (TPSA) is 47.6 Å². The van der Waals surface area contributed by atoms with Crippen LogP contribution >= 0.6 is 23.2 Å². The zero-order valence-corrected chi connectivity index (χ0v) is 13.5. The lowest BCUT2D eigenvalue weighted by Gasteiger charge is -2.22. The van der Waals surface area contributed by atoms with Crippen molar-refractivity contribution in [3.63, 3.8) is 0 Å². The van der Waals surface area contributed by atoms with Gasteiger partial charge in [-0.05, 0) is 31.0 Å². The molecule has 0 radical (unpaired) electrons. The molecule has 2 rings (SSSR count). The molecule has 1 aromatic rings. The van der Waals surface area contributed by atoms with Gasteiger partial charge in [0.1, 0.15) is 0 Å². The van der Waals surface area contributed by atoms with Gasteiger partial charge in [0.2, 0.25) is 5.91 Å². The third-order valence-electron chi connectivity index (χ3n) is 3.42. The minimum Gasteiger partial charge on any atom is -0.356 e. The van der Waals surface area contributed by atoms with Gasteiger partial charge in [-0.2, -0.15) is 0 Å². The van der Waals surface area contributed by atoms with E-state index in [0.29, 0.717) is 49.1 Å². The molecule has 21 heavy (non-hydrogen) atoms. The summed E-state index contributed by atoms with van der Waals surface area (Å²) in [6, 6.07) is 5.41. The largest absolute Gasteiger partial charge is 0.356 e. The van der Waals surface area contributed by atoms with Gasteiger partial charge in [-0.15, -0.1) is 0 Å². The maximum Gasteiger partial charge on any atom is 0.220 e. The van der Waals surface area contributed by atoms with Gasteiger partial charge in [-0.3, -0.25) is 4.79 Å². The van der Waals surface area contributed by atoms with Crippen molar-refractivity contribution in [2.45, 2.75) is 32.0 Å². The number of carbonyl (C=O) groups excluding carboxylic acids is 1. The molecule has 0 atom stereocenters. The van der Waals surface area contributed by atoms with Crippen LogP contribution in [0.3, 0.4) is 0 Å². The number of aryl methyl sites for hydroxylation is 1. The number of benzene rings is 1. The molecule has 4 nitrogen and oxygen atoms in total. The van der Waals surface area contributed by atoms with Gasteiger partial charge in [-0.25, -0.2) is 0 Å². The number of amides is 1. The van der Waals surface area contributed by atoms with Crippen molar-refractivity contribution in [3.8, 4) is 0 Å². The second kappa shape index (κ2) is 7.45. The van der Waals surface area contributed by atoms with Crippen LogP contribution in [0.5, 0.6) is 0 Å². The number of halogens is 2. The molecular weight excluding hydrogens is 313 g/mol. The van der Waals surface area contributed by atoms with Gasteiger partial charge in [0.05, 0.1) is 23.3 Å². The first-order valence-electron chi connectivity index (χ1n) is 6.97. The zero-order chi connectivity index (χ0) is 15.3. The molecule has 1 heterocycles. The predicted molar refractivity (Wildman–Crippen MR) is 82.7 cm³/mol. The Hall–Kier alpha value is -0.810. The van der Waals surface area contributed by atoms with Crippen LogP contribution in [0.2, 0.25) is 10.0 Å². The molecular formula is C15H19Cl2NO3. The van der Waals surface area contributed by atoms with Crippen LogP contribution in [0.15, 0.2) is 18.2 Å². The number of ether oxygens (including phenoxy) is 2. The third kappa shape index (κ3) is 5.15. The van der Waals surface area contributed by atoms with E-state index >= 15 is 0 Å². The highest BCUT2D eigenvalue weighted by Crippen LogP contribution is 2.23. The van der Waals surface area contributed by atoms with Crippen molar-refractivity contribution in [2.24, 2.45) is 0 Å². The molecule has 6 heteroatoms. The molecule has 1 amide bonds. The molecule has 0 saturated carbocycles. The molecule has 1 N–H and O–H groups in total. The fourth-order valence-corrected chi connectivity index (χ4v) is 2.49. The average molecular weight is 332 g/mol. The molecule has 1 saturated heterocycles. The van der Waals surface area contributed by atoms with Crippen LogP contribution in [0.1, 0.15) is 25.3 Å². The summed E-state index contributed by atoms with van der Waals surface area (Å²) in [6.07, 6.45) is 1.69. The van der Waals surface area contributed by atoms with Crippen LogP contribution in [0.4, 0.5) is 0 Å². The fourth-order valence-electron chi connectivity index (χ4n) is 2.17. The van der Waals surface area contributed by atoms with E-state index in [1.807, 2.05) is 13.0 Å². The van der Waals surface area contributed by atoms with Crippen molar-refractivity contribution in [1.82, 2.24) is 5.32 Å². The van der Waals surface area contributed by atoms with E-state index in [0.717, 1.165) is 5.56 Å². The number of rotatable bonds is 6. The van der Waals surface area contributed by atoms with Gasteiger partial charge in [0.25, 0.3) is 0 Å². The molecule has 0 spiro atoms. The molecule has 0 aromatic heterocycles. The van der Waals surface area contributed by atoms with E-state index in [-0.39, 0.29) is 5.91 Å². The minimum atomic E-state index is -0.559. The summed E-state index contributed by atoms with van der Waals surface area (Å²) in [6.45, 7) is 3.65. The number of nitrogens with one attached hydrogen (secondary N) is 1. The maximum atomic E-state index is 11.8. The standard InChI is InChI=1S/C15H19Cl2NO3/c1-15(20-8-9-21-15)6-7-18-14(19)5-3-11-2-4-12(16)13(17)10-11/h2,4,10H,3,5-9H2,1H3,(H,18,19). The Morgan fingerprint density at radius 3 is 2.67 bits per heavy atom. The number of hydrogen-bond acceptors (Lipinski definition) is 3. The van der Waals surface area contributed by atoms with E-state index in [1.165, 1.54) is 0 Å². The third-order valence-corrected chi connectivity index (χ3v) is 4.16. The van der Waals surface area contributed by atoms with E-state index in [9.17, 15) is 4.79 Å². The minimum absolute atomic E-state index is 0.00247. The van der Waals surface area contributed by atoms with Crippen molar-refractivity contribution in [3.05, 3.63) is 33.8 Å². The van der Waals surface area contributed by atoms with Gasteiger partial charge in [0, 0.05) is 19.4 Å². The quantitative estimate of drug-likeness (QED) is 0.870. The molecule has 0 aliphatic carbocycles. The first kappa shape index (κ1) is 16.6. The Kier molecular flexibility index (Phi) is 5.88. The Morgan fingerprint density at radius 2 is 2.00 bits per heavy atom. The predicted octanol–water partition coefficient (Wildman–Crippen LogP) is 3.20. The van der Waals surface area contributed by atoms with E-state index in [1.54, 1.807) is 12.1 Å². The molecule has 116 valence electrons. The van der Waals surface area contributed by atoms with E-state index in [4.69, 9.17) is 32.7 Å². The Bertz CT molecular complexity index is 502. The van der Waals surface area contributed by atoms with Crippen molar-refractivity contribution in [2.75, 3.05) is 19.8 Å². The van der Waals surface area contributed by atoms with Crippen LogP contribution in [-0.2, 0) is 20.7 Å². The van der Waals surface area contributed by atoms with Gasteiger partial charge < -0.3 is 14.8 Å². The van der Waals surface area contributed by atoms with Gasteiger partial charge >= 0.3 is 0 Å². The number of hydrogen-bond donors (Lipinski definition) is 1. The highest BCUT2D eigenvalue weighted by Gasteiger charge is 2.30. The molecule has 0 bridgehead atoms. The molecule has 1 aliphatic heterocycles. The first-order chi connectivity index (χ1) is 9.98. The summed E-state index contributed by atoms with van der Waals surface area (Å²) in [7, 11) is 0. The summed E-state index contributed by atoms with van der Waals surface area (Å²) in [5.74, 6) is -0.556. The molecule has 1 aromatic carbocycles. The van der Waals surface area contributed by atoms with Gasteiger partial charge in [0.15, 0.2) is 5.79 Å². The molecule has 0 unspecified atom stereocenters. The normalized spacial score (nSPS) is 16.9. The second-order valence-corrected chi connectivity index (χ2v) is 5.99. The summed E-state index contributed by atoms with van der Waals surface area (Å²) >= 11 is 11.8. The van der Waals surface area contributed by atoms with Crippen LogP contribution in [0, 0.1) is 0 Å². The maximum absolute atomic E-state index is 11.8. The van der Waals surface area contributed by atoms with Crippen molar-refractivity contribution >= 4 is 29.1 Å². The SMILES string of the molecule is CC1(CCNC(=O)CCc2ccc(Cl)c(Cl)c2)OCCO1. The highest BCUT2D eigenvalue weighted by atomic mass is 35.5. The highest BCUT2D eigenvalue weighted by molar-refractivity contribution is 6.42. The fraction of sp³-hybridized carbons (Fsp3) is 0.533. The Labute approximate surface area is 134 Å². The summed E-state index contributed by atoms with van der Waals surface area (Å²) < 4.78 is 11.0. The zero-order valence-electron chi connectivity index (χ0n) is 12.0. The Morgan fingerprint density at radius 1 is 1.29 bits per heavy atom. The average Bonchev–Trinajstić information content (AvgIpc) is 2.87.